The molecule has 3 aliphatic rings. The van der Waals surface area contributed by atoms with Gasteiger partial charge in [0.25, 0.3) is 5.92 Å². The summed E-state index contributed by atoms with van der Waals surface area (Å²) in [6.07, 6.45) is -0.383. The van der Waals surface area contributed by atoms with Crippen LogP contribution in [0, 0.1) is 5.92 Å². The van der Waals surface area contributed by atoms with Gasteiger partial charge >= 0.3 is 5.97 Å². The van der Waals surface area contributed by atoms with Crippen LogP contribution in [0.1, 0.15) is 37.4 Å². The largest absolute Gasteiger partial charge is 0.481 e. The summed E-state index contributed by atoms with van der Waals surface area (Å²) in [5, 5.41) is 8.98. The highest BCUT2D eigenvalue weighted by atomic mass is 19.3. The number of hydrogen-bond acceptors (Lipinski definition) is 5. The summed E-state index contributed by atoms with van der Waals surface area (Å²) in [7, 11) is 0. The molecule has 2 aliphatic heterocycles. The Labute approximate surface area is 149 Å². The van der Waals surface area contributed by atoms with Gasteiger partial charge in [-0.15, -0.1) is 0 Å². The number of halogens is 3. The van der Waals surface area contributed by atoms with Crippen LogP contribution in [0.4, 0.5) is 24.9 Å². The lowest BCUT2D eigenvalue weighted by Crippen LogP contribution is -2.57. The summed E-state index contributed by atoms with van der Waals surface area (Å²) in [4.78, 5) is 23.0. The van der Waals surface area contributed by atoms with E-state index < -0.39 is 24.1 Å². The van der Waals surface area contributed by atoms with Crippen LogP contribution in [0.3, 0.4) is 0 Å². The average molecular weight is 370 g/mol. The van der Waals surface area contributed by atoms with E-state index in [4.69, 9.17) is 5.11 Å². The summed E-state index contributed by atoms with van der Waals surface area (Å²) in [5.74, 6) is -3.29. The number of carbonyl (C=O) groups is 1. The molecule has 1 aromatic heterocycles. The molecule has 0 aromatic carbocycles. The maximum absolute atomic E-state index is 14.3. The van der Waals surface area contributed by atoms with Gasteiger partial charge < -0.3 is 14.9 Å². The molecule has 1 aliphatic carbocycles. The Hall–Kier alpha value is -2.06. The van der Waals surface area contributed by atoms with Crippen LogP contribution < -0.4 is 9.80 Å². The van der Waals surface area contributed by atoms with Gasteiger partial charge in [0.15, 0.2) is 0 Å². The average Bonchev–Trinajstić information content (AvgIpc) is 3.15. The van der Waals surface area contributed by atoms with E-state index in [1.165, 1.54) is 0 Å². The highest BCUT2D eigenvalue weighted by Crippen LogP contribution is 2.45. The second-order valence-electron chi connectivity index (χ2n) is 7.49. The van der Waals surface area contributed by atoms with Crippen molar-refractivity contribution >= 4 is 17.7 Å². The van der Waals surface area contributed by atoms with Crippen LogP contribution >= 0.6 is 0 Å². The summed E-state index contributed by atoms with van der Waals surface area (Å²) >= 11 is 0. The molecule has 0 bridgehead atoms. The van der Waals surface area contributed by atoms with Crippen molar-refractivity contribution in [3.63, 3.8) is 0 Å². The molecule has 26 heavy (non-hydrogen) atoms. The molecule has 3 heterocycles. The predicted octanol–water partition coefficient (Wildman–Crippen LogP) is 2.36. The first-order valence-corrected chi connectivity index (χ1v) is 8.93. The van der Waals surface area contributed by atoms with Crippen molar-refractivity contribution in [1.29, 1.82) is 0 Å². The van der Waals surface area contributed by atoms with Gasteiger partial charge in [-0.3, -0.25) is 4.79 Å². The first-order chi connectivity index (χ1) is 12.3. The van der Waals surface area contributed by atoms with Crippen molar-refractivity contribution in [2.45, 2.75) is 50.7 Å². The van der Waals surface area contributed by atoms with Gasteiger partial charge in [0, 0.05) is 31.5 Å². The molecule has 0 saturated carbocycles. The Kier molecular flexibility index (Phi) is 4.00. The fourth-order valence-electron chi connectivity index (χ4n) is 4.05. The third kappa shape index (κ3) is 2.77. The van der Waals surface area contributed by atoms with Crippen molar-refractivity contribution in [2.75, 3.05) is 29.4 Å². The van der Waals surface area contributed by atoms with Crippen molar-refractivity contribution in [2.24, 2.45) is 5.92 Å². The SMILES string of the molecule is C[C@H]1[C@@H](F)CN1c1nc(N2CCC(CC(=O)O)C2)c2c(n1)C(F)(F)CC2. The second-order valence-corrected chi connectivity index (χ2v) is 7.49. The van der Waals surface area contributed by atoms with Crippen LogP contribution in [-0.4, -0.2) is 52.9 Å². The Bertz CT molecular complexity index is 745. The molecule has 6 nitrogen and oxygen atoms in total. The number of carboxylic acid groups (broad SMARTS) is 1. The van der Waals surface area contributed by atoms with Crippen LogP contribution in [0.15, 0.2) is 0 Å². The Morgan fingerprint density at radius 3 is 2.77 bits per heavy atom. The molecule has 2 saturated heterocycles. The number of aliphatic carboxylic acids is 1. The minimum absolute atomic E-state index is 0.0263. The molecule has 9 heteroatoms. The summed E-state index contributed by atoms with van der Waals surface area (Å²) in [5.41, 5.74) is 0.188. The number of alkyl halides is 3. The molecule has 1 N–H and O–H groups in total. The first kappa shape index (κ1) is 17.4. The molecular formula is C17H21F3N4O2. The van der Waals surface area contributed by atoms with Gasteiger partial charge in [-0.2, -0.15) is 13.8 Å². The van der Waals surface area contributed by atoms with E-state index in [0.717, 1.165) is 0 Å². The molecule has 0 spiro atoms. The first-order valence-electron chi connectivity index (χ1n) is 8.93. The quantitative estimate of drug-likeness (QED) is 0.878. The van der Waals surface area contributed by atoms with Gasteiger partial charge in [0.2, 0.25) is 5.95 Å². The highest BCUT2D eigenvalue weighted by Gasteiger charge is 2.46. The summed E-state index contributed by atoms with van der Waals surface area (Å²) in [6.45, 7) is 2.84. The molecule has 0 amide bonds. The summed E-state index contributed by atoms with van der Waals surface area (Å²) in [6, 6.07) is -0.436. The molecule has 1 aromatic rings. The number of anilines is 2. The van der Waals surface area contributed by atoms with Gasteiger partial charge in [-0.25, -0.2) is 9.37 Å². The summed E-state index contributed by atoms with van der Waals surface area (Å²) < 4.78 is 42.2. The number of hydrogen-bond donors (Lipinski definition) is 1. The zero-order valence-electron chi connectivity index (χ0n) is 14.5. The number of carboxylic acids is 1. The molecular weight excluding hydrogens is 349 g/mol. The van der Waals surface area contributed by atoms with Crippen LogP contribution in [0.25, 0.3) is 0 Å². The Balaban J connectivity index is 1.68. The Morgan fingerprint density at radius 1 is 1.35 bits per heavy atom. The molecule has 3 atom stereocenters. The van der Waals surface area contributed by atoms with E-state index in [0.29, 0.717) is 30.9 Å². The van der Waals surface area contributed by atoms with E-state index in [2.05, 4.69) is 9.97 Å². The number of fused-ring (bicyclic) bond motifs is 1. The second kappa shape index (κ2) is 5.99. The van der Waals surface area contributed by atoms with Crippen molar-refractivity contribution in [1.82, 2.24) is 9.97 Å². The maximum atomic E-state index is 14.3. The lowest BCUT2D eigenvalue weighted by molar-refractivity contribution is -0.137. The van der Waals surface area contributed by atoms with Crippen LogP contribution in [0.2, 0.25) is 0 Å². The molecule has 142 valence electrons. The zero-order chi connectivity index (χ0) is 18.6. The van der Waals surface area contributed by atoms with Crippen molar-refractivity contribution < 1.29 is 23.1 Å². The van der Waals surface area contributed by atoms with E-state index in [-0.39, 0.29) is 43.4 Å². The highest BCUT2D eigenvalue weighted by molar-refractivity contribution is 5.67. The van der Waals surface area contributed by atoms with Crippen LogP contribution in [-0.2, 0) is 17.1 Å². The standard InChI is InChI=1S/C17H21F3N4O2/c1-9-12(18)8-24(9)16-21-14-11(2-4-17(14,19)20)15(22-16)23-5-3-10(7-23)6-13(25)26/h9-10,12H,2-8H2,1H3,(H,25,26)/t9-,10?,12-/m0/s1. The smallest absolute Gasteiger partial charge is 0.303 e. The van der Waals surface area contributed by atoms with Gasteiger partial charge in [-0.05, 0) is 25.7 Å². The van der Waals surface area contributed by atoms with Crippen LogP contribution in [0.5, 0.6) is 0 Å². The van der Waals surface area contributed by atoms with Gasteiger partial charge in [-0.1, -0.05) is 0 Å². The van der Waals surface area contributed by atoms with E-state index in [1.54, 1.807) is 11.8 Å². The third-order valence-corrected chi connectivity index (χ3v) is 5.70. The molecule has 2 fully saturated rings. The fraction of sp³-hybridized carbons (Fsp3) is 0.706. The molecule has 0 radical (unpaired) electrons. The van der Waals surface area contributed by atoms with Gasteiger partial charge in [0.05, 0.1) is 12.6 Å². The topological polar surface area (TPSA) is 69.6 Å². The lowest BCUT2D eigenvalue weighted by Gasteiger charge is -2.42. The minimum atomic E-state index is -3.01. The lowest BCUT2D eigenvalue weighted by atomic mass is 10.0. The Morgan fingerprint density at radius 2 is 2.12 bits per heavy atom. The van der Waals surface area contributed by atoms with E-state index in [1.807, 2.05) is 4.90 Å². The van der Waals surface area contributed by atoms with E-state index in [9.17, 15) is 18.0 Å². The molecule has 1 unspecified atom stereocenters. The monoisotopic (exact) mass is 370 g/mol. The molecule has 4 rings (SSSR count). The van der Waals surface area contributed by atoms with Crippen molar-refractivity contribution in [3.8, 4) is 0 Å². The third-order valence-electron chi connectivity index (χ3n) is 5.70. The fourth-order valence-corrected chi connectivity index (χ4v) is 4.05. The maximum Gasteiger partial charge on any atom is 0.303 e. The number of nitrogens with zero attached hydrogens (tertiary/aromatic N) is 4. The number of aromatic nitrogens is 2. The van der Waals surface area contributed by atoms with Gasteiger partial charge in [0.1, 0.15) is 17.7 Å². The zero-order valence-corrected chi connectivity index (χ0v) is 14.5. The predicted molar refractivity (Wildman–Crippen MR) is 88.5 cm³/mol. The van der Waals surface area contributed by atoms with Crippen molar-refractivity contribution in [3.05, 3.63) is 11.3 Å². The normalized spacial score (nSPS) is 29.6. The minimum Gasteiger partial charge on any atom is -0.481 e. The van der Waals surface area contributed by atoms with E-state index >= 15 is 0 Å². The number of rotatable bonds is 4.